The lowest BCUT2D eigenvalue weighted by atomic mass is 9.77. The predicted octanol–water partition coefficient (Wildman–Crippen LogP) is 4.56. The minimum atomic E-state index is -0.361. The number of allylic oxidation sites excluding steroid dienone is 2. The molecule has 2 aliphatic rings. The van der Waals surface area contributed by atoms with Crippen LogP contribution in [0.3, 0.4) is 0 Å². The van der Waals surface area contributed by atoms with Gasteiger partial charge in [0, 0.05) is 23.7 Å². The number of anilines is 1. The van der Waals surface area contributed by atoms with E-state index in [1.165, 1.54) is 18.2 Å². The van der Waals surface area contributed by atoms with Crippen molar-refractivity contribution in [1.29, 1.82) is 0 Å². The minimum absolute atomic E-state index is 0.0737. The summed E-state index contributed by atoms with van der Waals surface area (Å²) in [6.45, 7) is 0. The maximum atomic E-state index is 13.2. The van der Waals surface area contributed by atoms with Gasteiger partial charge in [0.25, 0.3) is 5.69 Å². The number of fused-ring (bicyclic) bond motifs is 3. The molecule has 5 heteroatoms. The first-order chi connectivity index (χ1) is 11.1. The summed E-state index contributed by atoms with van der Waals surface area (Å²) in [5, 5.41) is 14.5. The molecular formula is C18H15FN2O2. The predicted molar refractivity (Wildman–Crippen MR) is 85.8 cm³/mol. The summed E-state index contributed by atoms with van der Waals surface area (Å²) in [7, 11) is 0. The van der Waals surface area contributed by atoms with Crippen molar-refractivity contribution in [2.75, 3.05) is 5.32 Å². The van der Waals surface area contributed by atoms with E-state index in [0.29, 0.717) is 0 Å². The van der Waals surface area contributed by atoms with E-state index >= 15 is 0 Å². The first kappa shape index (κ1) is 13.9. The fourth-order valence-electron chi connectivity index (χ4n) is 3.70. The van der Waals surface area contributed by atoms with Crippen molar-refractivity contribution in [2.24, 2.45) is 5.92 Å². The van der Waals surface area contributed by atoms with Gasteiger partial charge in [-0.3, -0.25) is 10.1 Å². The molecule has 1 N–H and O–H groups in total. The molecule has 0 saturated carbocycles. The van der Waals surface area contributed by atoms with Crippen LogP contribution in [0, 0.1) is 21.8 Å². The molecule has 2 aromatic carbocycles. The number of nitrogens with one attached hydrogen (secondary N) is 1. The molecule has 3 atom stereocenters. The molecule has 0 amide bonds. The molecule has 0 spiro atoms. The Hall–Kier alpha value is -2.69. The van der Waals surface area contributed by atoms with Crippen molar-refractivity contribution in [3.05, 3.63) is 81.7 Å². The molecule has 0 radical (unpaired) electrons. The van der Waals surface area contributed by atoms with Gasteiger partial charge in [-0.15, -0.1) is 0 Å². The second-order valence-corrected chi connectivity index (χ2v) is 6.06. The normalized spacial score (nSPS) is 24.7. The number of hydrogen-bond acceptors (Lipinski definition) is 3. The van der Waals surface area contributed by atoms with Gasteiger partial charge in [0.1, 0.15) is 5.82 Å². The van der Waals surface area contributed by atoms with Crippen molar-refractivity contribution >= 4 is 11.4 Å². The van der Waals surface area contributed by atoms with Crippen molar-refractivity contribution in [2.45, 2.75) is 18.4 Å². The van der Waals surface area contributed by atoms with Gasteiger partial charge in [-0.1, -0.05) is 24.3 Å². The molecule has 4 nitrogen and oxygen atoms in total. The Labute approximate surface area is 132 Å². The largest absolute Gasteiger partial charge is 0.378 e. The Morgan fingerprint density at radius 3 is 2.70 bits per heavy atom. The van der Waals surface area contributed by atoms with E-state index in [4.69, 9.17) is 0 Å². The van der Waals surface area contributed by atoms with Crippen molar-refractivity contribution in [3.63, 3.8) is 0 Å². The van der Waals surface area contributed by atoms with Gasteiger partial charge in [0.2, 0.25) is 0 Å². The SMILES string of the molecule is O=[N+]([O-])c1ccc2c(c1)[C@@H]1C=CC[C@@H]1[C@H](c1ccc(F)cc1)N2. The number of nitrogens with zero attached hydrogens (tertiary/aromatic N) is 1. The Morgan fingerprint density at radius 1 is 1.17 bits per heavy atom. The number of nitro groups is 1. The van der Waals surface area contributed by atoms with Gasteiger partial charge in [-0.25, -0.2) is 4.39 Å². The van der Waals surface area contributed by atoms with E-state index in [2.05, 4.69) is 17.5 Å². The van der Waals surface area contributed by atoms with Crippen LogP contribution in [0.5, 0.6) is 0 Å². The average molecular weight is 310 g/mol. The zero-order valence-electron chi connectivity index (χ0n) is 12.3. The molecular weight excluding hydrogens is 295 g/mol. The van der Waals surface area contributed by atoms with Gasteiger partial charge in [0.05, 0.1) is 11.0 Å². The van der Waals surface area contributed by atoms with E-state index < -0.39 is 0 Å². The topological polar surface area (TPSA) is 55.2 Å². The van der Waals surface area contributed by atoms with E-state index in [-0.39, 0.29) is 34.3 Å². The summed E-state index contributed by atoms with van der Waals surface area (Å²) < 4.78 is 13.2. The molecule has 2 aromatic rings. The molecule has 23 heavy (non-hydrogen) atoms. The number of rotatable bonds is 2. The summed E-state index contributed by atoms with van der Waals surface area (Å²) in [5.41, 5.74) is 3.04. The zero-order valence-corrected chi connectivity index (χ0v) is 12.3. The van der Waals surface area contributed by atoms with Gasteiger partial charge in [-0.05, 0) is 41.7 Å². The highest BCUT2D eigenvalue weighted by molar-refractivity contribution is 5.62. The van der Waals surface area contributed by atoms with E-state index in [9.17, 15) is 14.5 Å². The number of non-ortho nitro benzene ring substituents is 1. The van der Waals surface area contributed by atoms with Crippen LogP contribution in [-0.4, -0.2) is 4.92 Å². The van der Waals surface area contributed by atoms with Gasteiger partial charge in [0.15, 0.2) is 0 Å². The van der Waals surface area contributed by atoms with Crippen LogP contribution >= 0.6 is 0 Å². The summed E-state index contributed by atoms with van der Waals surface area (Å²) in [6.07, 6.45) is 5.16. The van der Waals surface area contributed by atoms with Crippen molar-refractivity contribution in [3.8, 4) is 0 Å². The van der Waals surface area contributed by atoms with Crippen LogP contribution in [0.4, 0.5) is 15.8 Å². The number of nitro benzene ring substituents is 1. The quantitative estimate of drug-likeness (QED) is 0.502. The Kier molecular flexibility index (Phi) is 3.15. The standard InChI is InChI=1S/C18H15FN2O2/c19-12-6-4-11(5-7-12)18-15-3-1-2-14(15)16-10-13(21(22)23)8-9-17(16)20-18/h1-2,4-10,14-15,18,20H,3H2/t14-,15+,18+/m1/s1. The Bertz CT molecular complexity index is 801. The lowest BCUT2D eigenvalue weighted by Crippen LogP contribution is -2.29. The summed E-state index contributed by atoms with van der Waals surface area (Å²) in [6, 6.07) is 11.6. The first-order valence-electron chi connectivity index (χ1n) is 7.60. The highest BCUT2D eigenvalue weighted by Gasteiger charge is 2.38. The molecule has 0 saturated heterocycles. The fourth-order valence-corrected chi connectivity index (χ4v) is 3.70. The lowest BCUT2D eigenvalue weighted by molar-refractivity contribution is -0.384. The molecule has 4 rings (SSSR count). The van der Waals surface area contributed by atoms with Crippen molar-refractivity contribution < 1.29 is 9.31 Å². The smallest absolute Gasteiger partial charge is 0.269 e. The summed E-state index contributed by atoms with van der Waals surface area (Å²) in [4.78, 5) is 10.7. The first-order valence-corrected chi connectivity index (χ1v) is 7.60. The molecule has 1 aliphatic heterocycles. The molecule has 116 valence electrons. The number of halogens is 1. The Morgan fingerprint density at radius 2 is 1.96 bits per heavy atom. The highest BCUT2D eigenvalue weighted by Crippen LogP contribution is 2.50. The molecule has 1 heterocycles. The molecule has 0 aromatic heterocycles. The van der Waals surface area contributed by atoms with Crippen LogP contribution in [0.2, 0.25) is 0 Å². The third kappa shape index (κ3) is 2.29. The van der Waals surface area contributed by atoms with Crippen molar-refractivity contribution in [1.82, 2.24) is 0 Å². The third-order valence-electron chi connectivity index (χ3n) is 4.79. The second-order valence-electron chi connectivity index (χ2n) is 6.06. The molecule has 0 unspecified atom stereocenters. The van der Waals surface area contributed by atoms with Gasteiger partial charge < -0.3 is 5.32 Å². The van der Waals surface area contributed by atoms with Crippen LogP contribution in [0.15, 0.2) is 54.6 Å². The fraction of sp³-hybridized carbons (Fsp3) is 0.222. The second kappa shape index (κ2) is 5.19. The van der Waals surface area contributed by atoms with E-state index in [0.717, 1.165) is 23.2 Å². The number of hydrogen-bond donors (Lipinski definition) is 1. The zero-order chi connectivity index (χ0) is 16.0. The van der Waals surface area contributed by atoms with Gasteiger partial charge in [-0.2, -0.15) is 0 Å². The summed E-state index contributed by atoms with van der Waals surface area (Å²) >= 11 is 0. The lowest BCUT2D eigenvalue weighted by Gasteiger charge is -2.37. The van der Waals surface area contributed by atoms with Gasteiger partial charge >= 0.3 is 0 Å². The minimum Gasteiger partial charge on any atom is -0.378 e. The monoisotopic (exact) mass is 310 g/mol. The Balaban J connectivity index is 1.77. The van der Waals surface area contributed by atoms with E-state index in [1.807, 2.05) is 0 Å². The van der Waals surface area contributed by atoms with E-state index in [1.54, 1.807) is 24.3 Å². The maximum Gasteiger partial charge on any atom is 0.269 e. The summed E-state index contributed by atoms with van der Waals surface area (Å²) in [5.74, 6) is 0.192. The molecule has 1 aliphatic carbocycles. The molecule has 0 bridgehead atoms. The average Bonchev–Trinajstić information content (AvgIpc) is 3.04. The van der Waals surface area contributed by atoms with Crippen LogP contribution < -0.4 is 5.32 Å². The maximum absolute atomic E-state index is 13.2. The molecule has 0 fully saturated rings. The number of benzene rings is 2. The highest BCUT2D eigenvalue weighted by atomic mass is 19.1. The third-order valence-corrected chi connectivity index (χ3v) is 4.79. The van der Waals surface area contributed by atoms with Crippen LogP contribution in [-0.2, 0) is 0 Å². The van der Waals surface area contributed by atoms with Crippen LogP contribution in [0.1, 0.15) is 29.5 Å². The van der Waals surface area contributed by atoms with Crippen LogP contribution in [0.25, 0.3) is 0 Å².